The molecule has 2 heterocycles. The van der Waals surface area contributed by atoms with Gasteiger partial charge in [-0.1, -0.05) is 0 Å². The van der Waals surface area contributed by atoms with Crippen LogP contribution < -0.4 is 0 Å². The molecule has 0 saturated heterocycles. The van der Waals surface area contributed by atoms with Crippen LogP contribution in [-0.2, 0) is 0 Å². The molecule has 0 fully saturated rings. The van der Waals surface area contributed by atoms with Crippen molar-refractivity contribution < 1.29 is 0 Å². The second-order valence-electron chi connectivity index (χ2n) is 3.05. The standard InChI is InChI=1S/C10H10Cl2S4Se4/c1-13-5-7(15-3-11)19-9(17-5)10-18-6(14-2)8(20-10)16-4-12/h3-4H2,1-2H3/b10-9+. The zero-order valence-corrected chi connectivity index (χ0v) is 22.1. The van der Waals surface area contributed by atoms with Gasteiger partial charge in [0.05, 0.1) is 0 Å². The van der Waals surface area contributed by atoms with Crippen LogP contribution in [0.25, 0.3) is 0 Å². The van der Waals surface area contributed by atoms with Gasteiger partial charge in [0.15, 0.2) is 0 Å². The molecule has 0 nitrogen and oxygen atoms in total. The summed E-state index contributed by atoms with van der Waals surface area (Å²) >= 11 is 21.7. The molecular formula is C10H10Cl2S4Se4. The van der Waals surface area contributed by atoms with E-state index in [2.05, 4.69) is 12.5 Å². The molecule has 0 aliphatic carbocycles. The van der Waals surface area contributed by atoms with Crippen molar-refractivity contribution in [2.45, 2.75) is 0 Å². The van der Waals surface area contributed by atoms with Crippen LogP contribution in [0.15, 0.2) is 22.0 Å². The monoisotopic (exact) mass is 648 g/mol. The molecular weight excluding hydrogens is 635 g/mol. The van der Waals surface area contributed by atoms with Crippen LogP contribution in [0.2, 0.25) is 0 Å². The van der Waals surface area contributed by atoms with Crippen LogP contribution >= 0.6 is 70.2 Å². The van der Waals surface area contributed by atoms with E-state index in [9.17, 15) is 0 Å². The van der Waals surface area contributed by atoms with Crippen LogP contribution in [0.4, 0.5) is 0 Å². The summed E-state index contributed by atoms with van der Waals surface area (Å²) in [6.07, 6.45) is 4.42. The van der Waals surface area contributed by atoms with Crippen molar-refractivity contribution in [2.24, 2.45) is 0 Å². The van der Waals surface area contributed by atoms with Gasteiger partial charge in [-0.3, -0.25) is 0 Å². The van der Waals surface area contributed by atoms with Crippen molar-refractivity contribution in [3.05, 3.63) is 22.0 Å². The van der Waals surface area contributed by atoms with E-state index in [-0.39, 0.29) is 0 Å². The van der Waals surface area contributed by atoms with E-state index < -0.39 is 0 Å². The van der Waals surface area contributed by atoms with E-state index in [0.717, 1.165) is 0 Å². The summed E-state index contributed by atoms with van der Waals surface area (Å²) in [5, 5.41) is 1.38. The molecule has 2 aliphatic heterocycles. The molecule has 0 N–H and O–H groups in total. The maximum atomic E-state index is 5.92. The Labute approximate surface area is 172 Å². The Hall–Kier alpha value is 3.28. The first-order valence-electron chi connectivity index (χ1n) is 5.13. The number of rotatable bonds is 6. The molecule has 20 heavy (non-hydrogen) atoms. The second kappa shape index (κ2) is 10.3. The van der Waals surface area contributed by atoms with Crippen molar-refractivity contribution in [1.82, 2.24) is 0 Å². The summed E-state index contributed by atoms with van der Waals surface area (Å²) in [5.74, 6) is 0. The average molecular weight is 645 g/mol. The van der Waals surface area contributed by atoms with Crippen LogP contribution in [0, 0.1) is 0 Å². The van der Waals surface area contributed by atoms with Crippen LogP contribution in [0.3, 0.4) is 0 Å². The summed E-state index contributed by atoms with van der Waals surface area (Å²) in [6, 6.07) is 0. The first-order valence-corrected chi connectivity index (χ1v) is 17.5. The Bertz CT molecular complexity index is 436. The summed E-state index contributed by atoms with van der Waals surface area (Å²) in [7, 11) is 0. The summed E-state index contributed by atoms with van der Waals surface area (Å²) < 4.78 is 10.1. The van der Waals surface area contributed by atoms with Crippen LogP contribution in [0.1, 0.15) is 0 Å². The fourth-order valence-corrected chi connectivity index (χ4v) is 27.1. The third-order valence-electron chi connectivity index (χ3n) is 1.98. The predicted octanol–water partition coefficient (Wildman–Crippen LogP) is 3.80. The van der Waals surface area contributed by atoms with Gasteiger partial charge >= 0.3 is 175 Å². The second-order valence-corrected chi connectivity index (χ2v) is 21.3. The molecule has 0 bridgehead atoms. The SMILES string of the molecule is CSC1=C(SCCl)[Se]/C(=C2\[Se]C(SC)=C(SCCl)[Se]2)[Se]1. The molecule has 0 unspecified atom stereocenters. The molecule has 0 amide bonds. The van der Waals surface area contributed by atoms with Gasteiger partial charge in [-0.2, -0.15) is 0 Å². The molecule has 0 spiro atoms. The van der Waals surface area contributed by atoms with Crippen molar-refractivity contribution in [3.63, 3.8) is 0 Å². The Morgan fingerprint density at radius 3 is 1.35 bits per heavy atom. The number of halogens is 2. The van der Waals surface area contributed by atoms with Gasteiger partial charge < -0.3 is 0 Å². The summed E-state index contributed by atoms with van der Waals surface area (Å²) in [5.41, 5.74) is 0. The molecule has 112 valence electrons. The molecule has 0 radical (unpaired) electrons. The van der Waals surface area contributed by atoms with E-state index in [1.165, 1.54) is 0 Å². The number of hydrogen-bond donors (Lipinski definition) is 0. The van der Waals surface area contributed by atoms with Crippen molar-refractivity contribution in [1.29, 1.82) is 0 Å². The Morgan fingerprint density at radius 2 is 1.05 bits per heavy atom. The van der Waals surface area contributed by atoms with Gasteiger partial charge in [0.25, 0.3) is 0 Å². The molecule has 2 rings (SSSR count). The molecule has 0 aromatic heterocycles. The minimum atomic E-state index is 0.557. The van der Waals surface area contributed by atoms with Crippen LogP contribution in [-0.4, -0.2) is 82.8 Å². The van der Waals surface area contributed by atoms with E-state index in [1.807, 2.05) is 47.0 Å². The van der Waals surface area contributed by atoms with Gasteiger partial charge in [-0.15, -0.1) is 0 Å². The normalized spacial score (nSPS) is 23.4. The Morgan fingerprint density at radius 1 is 0.700 bits per heavy atom. The van der Waals surface area contributed by atoms with Crippen molar-refractivity contribution >= 4 is 130 Å². The fraction of sp³-hybridized carbons (Fsp3) is 0.400. The van der Waals surface area contributed by atoms with E-state index in [1.54, 1.807) is 22.0 Å². The zero-order valence-electron chi connectivity index (χ0n) is 10.4. The quantitative estimate of drug-likeness (QED) is 0.319. The molecule has 2 aliphatic rings. The number of thioether (sulfide) groups is 4. The Balaban J connectivity index is 2.11. The fourth-order valence-electron chi connectivity index (χ4n) is 1.24. The zero-order chi connectivity index (χ0) is 14.5. The van der Waals surface area contributed by atoms with E-state index in [0.29, 0.717) is 70.3 Å². The molecule has 0 aromatic rings. The van der Waals surface area contributed by atoms with Crippen molar-refractivity contribution in [2.75, 3.05) is 22.9 Å². The van der Waals surface area contributed by atoms with E-state index >= 15 is 0 Å². The average Bonchev–Trinajstić information content (AvgIpc) is 3.03. The first kappa shape index (κ1) is 19.6. The third-order valence-corrected chi connectivity index (χ3v) is 25.8. The molecule has 10 heteroatoms. The van der Waals surface area contributed by atoms with Gasteiger partial charge in [0, 0.05) is 0 Å². The first-order chi connectivity index (χ1) is 9.73. The molecule has 0 atom stereocenters. The van der Waals surface area contributed by atoms with Gasteiger partial charge in [0.2, 0.25) is 0 Å². The van der Waals surface area contributed by atoms with Gasteiger partial charge in [-0.05, 0) is 0 Å². The van der Waals surface area contributed by atoms with Crippen molar-refractivity contribution in [3.8, 4) is 0 Å². The third kappa shape index (κ3) is 5.14. The molecule has 0 aromatic carbocycles. The van der Waals surface area contributed by atoms with E-state index in [4.69, 9.17) is 23.2 Å². The summed E-state index contributed by atoms with van der Waals surface area (Å²) in [4.78, 5) is 0. The predicted molar refractivity (Wildman–Crippen MR) is 108 cm³/mol. The van der Waals surface area contributed by atoms with Gasteiger partial charge in [0.1, 0.15) is 0 Å². The number of alkyl halides is 2. The summed E-state index contributed by atoms with van der Waals surface area (Å²) in [6.45, 7) is 0. The molecule has 0 saturated carbocycles. The minimum absolute atomic E-state index is 0.557. The topological polar surface area (TPSA) is 0 Å². The van der Waals surface area contributed by atoms with Gasteiger partial charge in [-0.25, -0.2) is 0 Å². The maximum absolute atomic E-state index is 5.92. The number of hydrogen-bond acceptors (Lipinski definition) is 4. The Kier molecular flexibility index (Phi) is 10.1. The van der Waals surface area contributed by atoms with Crippen LogP contribution in [0.5, 0.6) is 0 Å².